The van der Waals surface area contributed by atoms with Crippen LogP contribution in [0.1, 0.15) is 39.7 Å². The number of nitrogens with one attached hydrogen (secondary N) is 1. The summed E-state index contributed by atoms with van der Waals surface area (Å²) in [5.41, 5.74) is 0.831. The van der Waals surface area contributed by atoms with E-state index in [1.165, 1.54) is 0 Å². The van der Waals surface area contributed by atoms with Gasteiger partial charge in [0.05, 0.1) is 6.04 Å². The summed E-state index contributed by atoms with van der Waals surface area (Å²) in [5.74, 6) is 0.00848. The highest BCUT2D eigenvalue weighted by atomic mass is 16.5. The Balaban J connectivity index is 2.36. The number of ether oxygens (including phenoxy) is 1. The molecule has 0 aromatic heterocycles. The van der Waals surface area contributed by atoms with Crippen LogP contribution in [0, 0.1) is 5.41 Å². The smallest absolute Gasteiger partial charge is 0.408 e. The number of hydrogen-bond donors (Lipinski definition) is 1. The average Bonchev–Trinajstić information content (AvgIpc) is 2.35. The maximum atomic E-state index is 11.9. The van der Waals surface area contributed by atoms with Crippen LogP contribution in [-0.4, -0.2) is 17.9 Å². The first kappa shape index (κ1) is 16.2. The van der Waals surface area contributed by atoms with Crippen LogP contribution >= 0.6 is 0 Å². The number of ketones is 1. The molecule has 1 N–H and O–H groups in total. The van der Waals surface area contributed by atoms with Crippen LogP contribution in [0.25, 0.3) is 0 Å². The zero-order valence-corrected chi connectivity index (χ0v) is 12.6. The van der Waals surface area contributed by atoms with Gasteiger partial charge in [0, 0.05) is 6.42 Å². The minimum absolute atomic E-state index is 0.00848. The first-order valence-corrected chi connectivity index (χ1v) is 6.78. The molecule has 0 saturated heterocycles. The van der Waals surface area contributed by atoms with E-state index in [4.69, 9.17) is 4.74 Å². The summed E-state index contributed by atoms with van der Waals surface area (Å²) in [6.07, 6.45) is -0.142. The molecule has 4 nitrogen and oxygen atoms in total. The van der Waals surface area contributed by atoms with Crippen molar-refractivity contribution in [1.29, 1.82) is 0 Å². The van der Waals surface area contributed by atoms with E-state index in [9.17, 15) is 9.59 Å². The second-order valence-electron chi connectivity index (χ2n) is 6.13. The van der Waals surface area contributed by atoms with Gasteiger partial charge in [0.1, 0.15) is 6.61 Å². The van der Waals surface area contributed by atoms with E-state index in [1.54, 1.807) is 6.92 Å². The summed E-state index contributed by atoms with van der Waals surface area (Å²) in [6.45, 7) is 7.85. The fourth-order valence-corrected chi connectivity index (χ4v) is 1.70. The van der Waals surface area contributed by atoms with E-state index in [-0.39, 0.29) is 17.8 Å². The second-order valence-corrected chi connectivity index (χ2v) is 6.13. The van der Waals surface area contributed by atoms with Crippen molar-refractivity contribution < 1.29 is 14.3 Å². The van der Waals surface area contributed by atoms with Gasteiger partial charge in [0.2, 0.25) is 0 Å². The molecule has 20 heavy (non-hydrogen) atoms. The van der Waals surface area contributed by atoms with Crippen molar-refractivity contribution in [2.75, 3.05) is 0 Å². The molecule has 1 unspecified atom stereocenters. The summed E-state index contributed by atoms with van der Waals surface area (Å²) in [6, 6.07) is 8.88. The molecule has 1 aromatic rings. The molecule has 110 valence electrons. The fourth-order valence-electron chi connectivity index (χ4n) is 1.70. The van der Waals surface area contributed by atoms with Gasteiger partial charge in [-0.3, -0.25) is 4.79 Å². The van der Waals surface area contributed by atoms with Crippen LogP contribution in [0.15, 0.2) is 30.3 Å². The lowest BCUT2D eigenvalue weighted by atomic mass is 9.88. The number of benzene rings is 1. The summed E-state index contributed by atoms with van der Waals surface area (Å²) < 4.78 is 5.08. The van der Waals surface area contributed by atoms with Crippen molar-refractivity contribution in [3.8, 4) is 0 Å². The van der Waals surface area contributed by atoms with Crippen molar-refractivity contribution in [3.05, 3.63) is 35.9 Å². The highest BCUT2D eigenvalue weighted by Gasteiger charge is 2.22. The van der Waals surface area contributed by atoms with Crippen LogP contribution in [0.5, 0.6) is 0 Å². The van der Waals surface area contributed by atoms with Gasteiger partial charge in [0.25, 0.3) is 0 Å². The van der Waals surface area contributed by atoms with Crippen molar-refractivity contribution >= 4 is 11.9 Å². The first-order valence-electron chi connectivity index (χ1n) is 6.78. The van der Waals surface area contributed by atoms with Gasteiger partial charge in [0.15, 0.2) is 5.78 Å². The third kappa shape index (κ3) is 6.36. The predicted molar refractivity (Wildman–Crippen MR) is 78.3 cm³/mol. The number of carbonyl (C=O) groups is 2. The minimum Gasteiger partial charge on any atom is -0.445 e. The summed E-state index contributed by atoms with van der Waals surface area (Å²) in [7, 11) is 0. The standard InChI is InChI=1S/C16H23NO3/c1-12(14(18)10-16(2,3)4)17-15(19)20-11-13-8-6-5-7-9-13/h5-9,12H,10-11H2,1-4H3,(H,17,19). The van der Waals surface area contributed by atoms with E-state index in [2.05, 4.69) is 5.32 Å². The summed E-state index contributed by atoms with van der Waals surface area (Å²) >= 11 is 0. The molecule has 0 aliphatic heterocycles. The number of rotatable bonds is 5. The molecule has 0 aliphatic carbocycles. The molecule has 0 heterocycles. The number of hydrogen-bond acceptors (Lipinski definition) is 3. The average molecular weight is 277 g/mol. The molecular weight excluding hydrogens is 254 g/mol. The Morgan fingerprint density at radius 2 is 1.80 bits per heavy atom. The lowest BCUT2D eigenvalue weighted by Crippen LogP contribution is -2.40. The van der Waals surface area contributed by atoms with E-state index in [0.717, 1.165) is 5.56 Å². The summed E-state index contributed by atoms with van der Waals surface area (Å²) in [4.78, 5) is 23.5. The van der Waals surface area contributed by atoms with Gasteiger partial charge in [-0.25, -0.2) is 4.79 Å². The Hall–Kier alpha value is -1.84. The summed E-state index contributed by atoms with van der Waals surface area (Å²) in [5, 5.41) is 2.56. The highest BCUT2D eigenvalue weighted by Crippen LogP contribution is 2.19. The van der Waals surface area contributed by atoms with Crippen LogP contribution in [0.2, 0.25) is 0 Å². The van der Waals surface area contributed by atoms with Crippen LogP contribution in [-0.2, 0) is 16.1 Å². The lowest BCUT2D eigenvalue weighted by molar-refractivity contribution is -0.122. The van der Waals surface area contributed by atoms with E-state index in [1.807, 2.05) is 51.1 Å². The molecule has 4 heteroatoms. The molecule has 1 amide bonds. The zero-order chi connectivity index (χ0) is 15.2. The van der Waals surface area contributed by atoms with E-state index in [0.29, 0.717) is 6.42 Å². The highest BCUT2D eigenvalue weighted by molar-refractivity contribution is 5.87. The van der Waals surface area contributed by atoms with Gasteiger partial charge in [-0.15, -0.1) is 0 Å². The molecule has 0 saturated carbocycles. The Morgan fingerprint density at radius 3 is 2.35 bits per heavy atom. The van der Waals surface area contributed by atoms with Gasteiger partial charge in [-0.05, 0) is 17.9 Å². The van der Waals surface area contributed by atoms with Crippen LogP contribution < -0.4 is 5.32 Å². The maximum Gasteiger partial charge on any atom is 0.408 e. The second kappa shape index (κ2) is 7.08. The minimum atomic E-state index is -0.566. The molecule has 1 rings (SSSR count). The first-order chi connectivity index (χ1) is 9.28. The molecule has 0 spiro atoms. The fraction of sp³-hybridized carbons (Fsp3) is 0.500. The van der Waals surface area contributed by atoms with E-state index < -0.39 is 12.1 Å². The molecule has 1 atom stereocenters. The third-order valence-corrected chi connectivity index (χ3v) is 2.73. The number of carbonyl (C=O) groups excluding carboxylic acids is 2. The molecule has 1 aromatic carbocycles. The topological polar surface area (TPSA) is 55.4 Å². The van der Waals surface area contributed by atoms with Crippen molar-refractivity contribution in [2.24, 2.45) is 5.41 Å². The quantitative estimate of drug-likeness (QED) is 0.898. The Labute approximate surface area is 120 Å². The normalized spacial score (nSPS) is 12.6. The Bertz CT molecular complexity index is 449. The molecule has 0 aliphatic rings. The van der Waals surface area contributed by atoms with Gasteiger partial charge < -0.3 is 10.1 Å². The van der Waals surface area contributed by atoms with Crippen molar-refractivity contribution in [1.82, 2.24) is 5.32 Å². The largest absolute Gasteiger partial charge is 0.445 e. The Kier molecular flexibility index (Phi) is 5.74. The molecule has 0 radical (unpaired) electrons. The molecular formula is C16H23NO3. The maximum absolute atomic E-state index is 11.9. The number of alkyl carbamates (subject to hydrolysis) is 1. The van der Waals surface area contributed by atoms with Gasteiger partial charge in [-0.1, -0.05) is 51.1 Å². The zero-order valence-electron chi connectivity index (χ0n) is 12.6. The Morgan fingerprint density at radius 1 is 1.20 bits per heavy atom. The third-order valence-electron chi connectivity index (χ3n) is 2.73. The van der Waals surface area contributed by atoms with Crippen LogP contribution in [0.3, 0.4) is 0 Å². The monoisotopic (exact) mass is 277 g/mol. The molecule has 0 bridgehead atoms. The lowest BCUT2D eigenvalue weighted by Gasteiger charge is -2.20. The number of amides is 1. The molecule has 0 fully saturated rings. The van der Waals surface area contributed by atoms with Crippen molar-refractivity contribution in [3.63, 3.8) is 0 Å². The van der Waals surface area contributed by atoms with Crippen LogP contribution in [0.4, 0.5) is 4.79 Å². The van der Waals surface area contributed by atoms with E-state index >= 15 is 0 Å². The number of Topliss-reactive ketones (excluding diaryl/α,β-unsaturated/α-hetero) is 1. The van der Waals surface area contributed by atoms with Gasteiger partial charge >= 0.3 is 6.09 Å². The van der Waals surface area contributed by atoms with Crippen molar-refractivity contribution in [2.45, 2.75) is 46.8 Å². The van der Waals surface area contributed by atoms with Gasteiger partial charge in [-0.2, -0.15) is 0 Å². The predicted octanol–water partition coefficient (Wildman–Crippen LogP) is 3.31. The SMILES string of the molecule is CC(NC(=O)OCc1ccccc1)C(=O)CC(C)(C)C.